The van der Waals surface area contributed by atoms with Crippen molar-refractivity contribution in [1.82, 2.24) is 4.98 Å². The molecule has 0 saturated heterocycles. The van der Waals surface area contributed by atoms with E-state index < -0.39 is 0 Å². The average Bonchev–Trinajstić information content (AvgIpc) is 2.48. The number of aromatic nitrogens is 1. The maximum Gasteiger partial charge on any atom is 0.0951 e. The van der Waals surface area contributed by atoms with Gasteiger partial charge in [-0.2, -0.15) is 0 Å². The van der Waals surface area contributed by atoms with Crippen LogP contribution in [0.1, 0.15) is 40.0 Å². The Hall–Kier alpha value is -1.77. The number of hydrogen-bond acceptors (Lipinski definition) is 3. The van der Waals surface area contributed by atoms with Crippen LogP contribution in [-0.4, -0.2) is 10.5 Å². The van der Waals surface area contributed by atoms with E-state index in [1.165, 1.54) is 0 Å². The number of hydrogen-bond donors (Lipinski definition) is 2. The van der Waals surface area contributed by atoms with Gasteiger partial charge in [-0.05, 0) is 43.5 Å². The minimum Gasteiger partial charge on any atom is -0.397 e. The maximum atomic E-state index is 6.00. The van der Waals surface area contributed by atoms with E-state index in [9.17, 15) is 0 Å². The molecular weight excluding hydrogens is 234 g/mol. The molecule has 0 aliphatic carbocycles. The van der Waals surface area contributed by atoms with Crippen molar-refractivity contribution in [3.05, 3.63) is 30.5 Å². The molecule has 1 aromatic heterocycles. The molecule has 1 aromatic carbocycles. The zero-order valence-electron chi connectivity index (χ0n) is 12.0. The number of fused-ring (bicyclic) bond motifs is 1. The van der Waals surface area contributed by atoms with Crippen LogP contribution in [-0.2, 0) is 0 Å². The van der Waals surface area contributed by atoms with Crippen LogP contribution in [0.3, 0.4) is 0 Å². The van der Waals surface area contributed by atoms with Gasteiger partial charge in [0.25, 0.3) is 0 Å². The van der Waals surface area contributed by atoms with Crippen molar-refractivity contribution >= 4 is 22.3 Å². The fraction of sp³-hybridized carbons (Fsp3) is 0.438. The SMILES string of the molecule is CCC(CC)(CC)Nc1ccc(N)c2ncccc12. The number of anilines is 2. The third-order valence-electron chi connectivity index (χ3n) is 4.23. The van der Waals surface area contributed by atoms with Crippen molar-refractivity contribution in [2.45, 2.75) is 45.6 Å². The highest BCUT2D eigenvalue weighted by Gasteiger charge is 2.24. The fourth-order valence-corrected chi connectivity index (χ4v) is 2.60. The van der Waals surface area contributed by atoms with Crippen molar-refractivity contribution in [3.63, 3.8) is 0 Å². The van der Waals surface area contributed by atoms with Crippen molar-refractivity contribution in [2.24, 2.45) is 0 Å². The first-order valence-corrected chi connectivity index (χ1v) is 7.07. The highest BCUT2D eigenvalue weighted by atomic mass is 15.0. The predicted molar refractivity (Wildman–Crippen MR) is 83.4 cm³/mol. The van der Waals surface area contributed by atoms with Gasteiger partial charge in [-0.3, -0.25) is 4.98 Å². The van der Waals surface area contributed by atoms with E-state index in [2.05, 4.69) is 43.2 Å². The Balaban J connectivity index is 2.49. The number of pyridine rings is 1. The fourth-order valence-electron chi connectivity index (χ4n) is 2.60. The van der Waals surface area contributed by atoms with Gasteiger partial charge in [0.15, 0.2) is 0 Å². The molecule has 0 unspecified atom stereocenters. The highest BCUT2D eigenvalue weighted by molar-refractivity contribution is 5.98. The third kappa shape index (κ3) is 2.50. The average molecular weight is 257 g/mol. The largest absolute Gasteiger partial charge is 0.397 e. The molecular formula is C16H23N3. The van der Waals surface area contributed by atoms with Crippen LogP contribution < -0.4 is 11.1 Å². The molecule has 0 aliphatic heterocycles. The second-order valence-corrected chi connectivity index (χ2v) is 5.07. The minimum atomic E-state index is 0.152. The molecule has 3 nitrogen and oxygen atoms in total. The zero-order chi connectivity index (χ0) is 13.9. The van der Waals surface area contributed by atoms with Gasteiger partial charge in [-0.15, -0.1) is 0 Å². The van der Waals surface area contributed by atoms with E-state index in [1.807, 2.05) is 12.1 Å². The van der Waals surface area contributed by atoms with Crippen LogP contribution in [0, 0.1) is 0 Å². The topological polar surface area (TPSA) is 50.9 Å². The molecule has 0 radical (unpaired) electrons. The molecule has 0 amide bonds. The first kappa shape index (κ1) is 13.7. The summed E-state index contributed by atoms with van der Waals surface area (Å²) in [6.45, 7) is 6.70. The predicted octanol–water partition coefficient (Wildman–Crippen LogP) is 4.20. The molecule has 0 fully saturated rings. The highest BCUT2D eigenvalue weighted by Crippen LogP contribution is 2.32. The Morgan fingerprint density at radius 1 is 1.11 bits per heavy atom. The Kier molecular flexibility index (Phi) is 3.93. The standard InChI is InChI=1S/C16H23N3/c1-4-16(5-2,6-3)19-14-10-9-13(17)15-12(14)8-7-11-18-15/h7-11,19H,4-6,17H2,1-3H3. The van der Waals surface area contributed by atoms with Crippen molar-refractivity contribution in [2.75, 3.05) is 11.1 Å². The molecule has 0 aliphatic rings. The molecule has 0 bridgehead atoms. The van der Waals surface area contributed by atoms with Crippen LogP contribution in [0.25, 0.3) is 10.9 Å². The van der Waals surface area contributed by atoms with Gasteiger partial charge in [-0.25, -0.2) is 0 Å². The van der Waals surface area contributed by atoms with Crippen molar-refractivity contribution < 1.29 is 0 Å². The number of benzene rings is 1. The Morgan fingerprint density at radius 2 is 1.79 bits per heavy atom. The monoisotopic (exact) mass is 257 g/mol. The number of nitrogens with zero attached hydrogens (tertiary/aromatic N) is 1. The van der Waals surface area contributed by atoms with E-state index in [0.717, 1.165) is 41.5 Å². The summed E-state index contributed by atoms with van der Waals surface area (Å²) in [5.41, 5.74) is 8.89. The number of nitrogens with one attached hydrogen (secondary N) is 1. The molecule has 3 heteroatoms. The minimum absolute atomic E-state index is 0.152. The second kappa shape index (κ2) is 5.47. The molecule has 0 atom stereocenters. The summed E-state index contributed by atoms with van der Waals surface area (Å²) in [5, 5.41) is 4.82. The molecule has 102 valence electrons. The van der Waals surface area contributed by atoms with E-state index in [-0.39, 0.29) is 5.54 Å². The summed E-state index contributed by atoms with van der Waals surface area (Å²) < 4.78 is 0. The van der Waals surface area contributed by atoms with E-state index in [1.54, 1.807) is 6.20 Å². The molecule has 19 heavy (non-hydrogen) atoms. The number of nitrogens with two attached hydrogens (primary N) is 1. The molecule has 0 saturated carbocycles. The summed E-state index contributed by atoms with van der Waals surface area (Å²) in [5.74, 6) is 0. The van der Waals surface area contributed by atoms with Crippen LogP contribution in [0.4, 0.5) is 11.4 Å². The smallest absolute Gasteiger partial charge is 0.0951 e. The van der Waals surface area contributed by atoms with Gasteiger partial charge in [0.1, 0.15) is 0 Å². The van der Waals surface area contributed by atoms with Gasteiger partial charge in [-0.1, -0.05) is 20.8 Å². The summed E-state index contributed by atoms with van der Waals surface area (Å²) >= 11 is 0. The van der Waals surface area contributed by atoms with E-state index >= 15 is 0 Å². The van der Waals surface area contributed by atoms with Gasteiger partial charge in [0, 0.05) is 22.8 Å². The Bertz CT molecular complexity index is 551. The van der Waals surface area contributed by atoms with Crippen LogP contribution in [0.2, 0.25) is 0 Å². The Morgan fingerprint density at radius 3 is 2.42 bits per heavy atom. The van der Waals surface area contributed by atoms with E-state index in [0.29, 0.717) is 0 Å². The lowest BCUT2D eigenvalue weighted by atomic mass is 9.89. The van der Waals surface area contributed by atoms with Crippen molar-refractivity contribution in [1.29, 1.82) is 0 Å². The van der Waals surface area contributed by atoms with Gasteiger partial charge in [0.2, 0.25) is 0 Å². The molecule has 1 heterocycles. The first-order valence-electron chi connectivity index (χ1n) is 7.07. The third-order valence-corrected chi connectivity index (χ3v) is 4.23. The number of nitrogen functional groups attached to an aromatic ring is 1. The quantitative estimate of drug-likeness (QED) is 0.789. The van der Waals surface area contributed by atoms with Gasteiger partial charge < -0.3 is 11.1 Å². The van der Waals surface area contributed by atoms with Crippen LogP contribution >= 0.6 is 0 Å². The number of rotatable bonds is 5. The molecule has 2 aromatic rings. The zero-order valence-corrected chi connectivity index (χ0v) is 12.0. The van der Waals surface area contributed by atoms with Gasteiger partial charge in [0.05, 0.1) is 11.2 Å². The van der Waals surface area contributed by atoms with E-state index in [4.69, 9.17) is 5.73 Å². The van der Waals surface area contributed by atoms with Gasteiger partial charge >= 0.3 is 0 Å². The lowest BCUT2D eigenvalue weighted by molar-refractivity contribution is 0.421. The summed E-state index contributed by atoms with van der Waals surface area (Å²) in [6.07, 6.45) is 5.10. The normalized spacial score (nSPS) is 11.7. The summed E-state index contributed by atoms with van der Waals surface area (Å²) in [7, 11) is 0. The molecule has 0 spiro atoms. The Labute approximate surface area is 115 Å². The lowest BCUT2D eigenvalue weighted by Crippen LogP contribution is -2.36. The van der Waals surface area contributed by atoms with Crippen molar-refractivity contribution in [3.8, 4) is 0 Å². The summed E-state index contributed by atoms with van der Waals surface area (Å²) in [6, 6.07) is 8.03. The maximum absolute atomic E-state index is 6.00. The van der Waals surface area contributed by atoms with Crippen LogP contribution in [0.5, 0.6) is 0 Å². The van der Waals surface area contributed by atoms with Crippen LogP contribution in [0.15, 0.2) is 30.5 Å². The summed E-state index contributed by atoms with van der Waals surface area (Å²) in [4.78, 5) is 4.38. The first-order chi connectivity index (χ1) is 9.15. The molecule has 2 rings (SSSR count). The second-order valence-electron chi connectivity index (χ2n) is 5.07. The molecule has 3 N–H and O–H groups in total. The lowest BCUT2D eigenvalue weighted by Gasteiger charge is -2.33.